The van der Waals surface area contributed by atoms with E-state index in [1.807, 2.05) is 0 Å². The van der Waals surface area contributed by atoms with Crippen LogP contribution in [0.1, 0.15) is 47.8 Å². The van der Waals surface area contributed by atoms with E-state index in [0.29, 0.717) is 17.0 Å². The van der Waals surface area contributed by atoms with Crippen LogP contribution in [-0.4, -0.2) is 22.8 Å². The van der Waals surface area contributed by atoms with Gasteiger partial charge in [0.1, 0.15) is 5.75 Å². The van der Waals surface area contributed by atoms with Crippen LogP contribution in [0.3, 0.4) is 0 Å². The van der Waals surface area contributed by atoms with E-state index >= 15 is 0 Å². The highest BCUT2D eigenvalue weighted by Crippen LogP contribution is 2.37. The SMILES string of the molecule is CC(C)(C)CC(O)c1cc(/N=C\Nc2ccc(O)cc2)c(C=O)s1. The van der Waals surface area contributed by atoms with Gasteiger partial charge in [0.25, 0.3) is 0 Å². The lowest BCUT2D eigenvalue weighted by atomic mass is 9.89. The van der Waals surface area contributed by atoms with E-state index in [1.165, 1.54) is 17.7 Å². The Kier molecular flexibility index (Phi) is 5.75. The van der Waals surface area contributed by atoms with Gasteiger partial charge in [-0.05, 0) is 42.2 Å². The van der Waals surface area contributed by atoms with Crippen molar-refractivity contribution in [3.8, 4) is 5.75 Å². The molecule has 3 N–H and O–H groups in total. The quantitative estimate of drug-likeness (QED) is 0.311. The van der Waals surface area contributed by atoms with Crippen LogP contribution in [0, 0.1) is 5.41 Å². The molecule has 0 fully saturated rings. The summed E-state index contributed by atoms with van der Waals surface area (Å²) in [5.74, 6) is 0.191. The third-order valence-electron chi connectivity index (χ3n) is 3.30. The number of carbonyl (C=O) groups excluding carboxylic acids is 1. The number of aliphatic hydroxyl groups excluding tert-OH is 1. The van der Waals surface area contributed by atoms with Gasteiger partial charge in [-0.1, -0.05) is 20.8 Å². The number of hydrogen-bond donors (Lipinski definition) is 3. The van der Waals surface area contributed by atoms with Crippen molar-refractivity contribution in [2.24, 2.45) is 10.4 Å². The molecule has 6 heteroatoms. The van der Waals surface area contributed by atoms with Gasteiger partial charge in [0.15, 0.2) is 6.29 Å². The fourth-order valence-electron chi connectivity index (χ4n) is 2.18. The Bertz CT molecular complexity index is 715. The summed E-state index contributed by atoms with van der Waals surface area (Å²) in [5.41, 5.74) is 1.30. The predicted molar refractivity (Wildman–Crippen MR) is 98.6 cm³/mol. The molecule has 0 spiro atoms. The van der Waals surface area contributed by atoms with Crippen LogP contribution >= 0.6 is 11.3 Å². The Labute approximate surface area is 145 Å². The summed E-state index contributed by atoms with van der Waals surface area (Å²) in [7, 11) is 0. The molecule has 24 heavy (non-hydrogen) atoms. The average Bonchev–Trinajstić information content (AvgIpc) is 2.91. The van der Waals surface area contributed by atoms with E-state index in [-0.39, 0.29) is 11.2 Å². The normalized spacial score (nSPS) is 13.2. The maximum absolute atomic E-state index is 11.2. The molecule has 0 aliphatic heterocycles. The highest BCUT2D eigenvalue weighted by atomic mass is 32.1. The Morgan fingerprint density at radius 1 is 1.29 bits per heavy atom. The minimum absolute atomic E-state index is 0.00535. The van der Waals surface area contributed by atoms with Gasteiger partial charge in [0.2, 0.25) is 0 Å². The van der Waals surface area contributed by atoms with E-state index in [9.17, 15) is 15.0 Å². The lowest BCUT2D eigenvalue weighted by molar-refractivity contribution is 0.112. The molecule has 0 bridgehead atoms. The highest BCUT2D eigenvalue weighted by molar-refractivity contribution is 7.14. The summed E-state index contributed by atoms with van der Waals surface area (Å²) < 4.78 is 0. The van der Waals surface area contributed by atoms with Crippen molar-refractivity contribution in [2.75, 3.05) is 5.32 Å². The zero-order valence-corrected chi connectivity index (χ0v) is 14.8. The zero-order valence-electron chi connectivity index (χ0n) is 14.0. The molecule has 2 rings (SSSR count). The average molecular weight is 346 g/mol. The number of carbonyl (C=O) groups is 1. The first-order chi connectivity index (χ1) is 11.3. The molecule has 5 nitrogen and oxygen atoms in total. The number of aldehydes is 1. The van der Waals surface area contributed by atoms with Gasteiger partial charge in [-0.25, -0.2) is 4.99 Å². The Morgan fingerprint density at radius 3 is 2.54 bits per heavy atom. The van der Waals surface area contributed by atoms with E-state index in [0.717, 1.165) is 16.9 Å². The summed E-state index contributed by atoms with van der Waals surface area (Å²) >= 11 is 1.26. The minimum atomic E-state index is -0.609. The molecule has 1 aromatic heterocycles. The molecular weight excluding hydrogens is 324 g/mol. The second kappa shape index (κ2) is 7.59. The Balaban J connectivity index is 2.10. The topological polar surface area (TPSA) is 81.9 Å². The van der Waals surface area contributed by atoms with Crippen LogP contribution in [0.25, 0.3) is 0 Å². The number of aliphatic hydroxyl groups is 1. The molecule has 0 saturated carbocycles. The predicted octanol–water partition coefficient (Wildman–Crippen LogP) is 4.51. The number of phenolic OH excluding ortho intramolecular Hbond substituents is 1. The standard InChI is InChI=1S/C18H22N2O3S/c1-18(2,3)9-15(23)16-8-14(17(10-21)24-16)20-11-19-12-4-6-13(22)7-5-12/h4-8,10-11,15,22-23H,9H2,1-3H3,(H,19,20). The number of benzene rings is 1. The molecule has 128 valence electrons. The number of nitrogens with one attached hydrogen (secondary N) is 1. The summed E-state index contributed by atoms with van der Waals surface area (Å²) in [6.45, 7) is 6.18. The zero-order chi connectivity index (χ0) is 17.7. The monoisotopic (exact) mass is 346 g/mol. The van der Waals surface area contributed by atoms with Gasteiger partial charge in [-0.2, -0.15) is 0 Å². The smallest absolute Gasteiger partial charge is 0.162 e. The number of aromatic hydroxyl groups is 1. The minimum Gasteiger partial charge on any atom is -0.508 e. The van der Waals surface area contributed by atoms with Crippen molar-refractivity contribution >= 4 is 35.3 Å². The van der Waals surface area contributed by atoms with Crippen LogP contribution in [0.4, 0.5) is 11.4 Å². The molecule has 1 unspecified atom stereocenters. The van der Waals surface area contributed by atoms with Crippen molar-refractivity contribution in [1.82, 2.24) is 0 Å². The first-order valence-corrected chi connectivity index (χ1v) is 8.45. The molecule has 0 radical (unpaired) electrons. The van der Waals surface area contributed by atoms with Gasteiger partial charge in [0.05, 0.1) is 23.0 Å². The van der Waals surface area contributed by atoms with Crippen LogP contribution < -0.4 is 5.32 Å². The highest BCUT2D eigenvalue weighted by Gasteiger charge is 2.21. The molecule has 0 aliphatic rings. The Morgan fingerprint density at radius 2 is 1.96 bits per heavy atom. The molecule has 2 aromatic rings. The number of anilines is 1. The van der Waals surface area contributed by atoms with E-state index in [2.05, 4.69) is 31.1 Å². The maximum atomic E-state index is 11.2. The van der Waals surface area contributed by atoms with Gasteiger partial charge >= 0.3 is 0 Å². The number of phenols is 1. The number of nitrogens with zero attached hydrogens (tertiary/aromatic N) is 1. The molecule has 1 aromatic carbocycles. The van der Waals surface area contributed by atoms with Crippen molar-refractivity contribution in [3.05, 3.63) is 40.1 Å². The number of aliphatic imine (C=N–C) groups is 1. The summed E-state index contributed by atoms with van der Waals surface area (Å²) in [6, 6.07) is 8.32. The second-order valence-corrected chi connectivity index (χ2v) is 7.86. The maximum Gasteiger partial charge on any atom is 0.162 e. The lowest BCUT2D eigenvalue weighted by Crippen LogP contribution is -2.10. The molecular formula is C18H22N2O3S. The largest absolute Gasteiger partial charge is 0.508 e. The fourth-order valence-corrected chi connectivity index (χ4v) is 3.09. The summed E-state index contributed by atoms with van der Waals surface area (Å²) in [6.07, 6.45) is 2.25. The molecule has 1 heterocycles. The van der Waals surface area contributed by atoms with Gasteiger partial charge in [0, 0.05) is 10.6 Å². The van der Waals surface area contributed by atoms with E-state index < -0.39 is 6.10 Å². The van der Waals surface area contributed by atoms with Gasteiger partial charge < -0.3 is 15.5 Å². The van der Waals surface area contributed by atoms with Crippen LogP contribution in [0.5, 0.6) is 5.75 Å². The third kappa shape index (κ3) is 5.18. The first-order valence-electron chi connectivity index (χ1n) is 7.63. The number of thiophene rings is 1. The third-order valence-corrected chi connectivity index (χ3v) is 4.45. The van der Waals surface area contributed by atoms with Crippen LogP contribution in [0.15, 0.2) is 35.3 Å². The van der Waals surface area contributed by atoms with Crippen molar-refractivity contribution in [1.29, 1.82) is 0 Å². The second-order valence-electron chi connectivity index (χ2n) is 6.75. The van der Waals surface area contributed by atoms with Gasteiger partial charge in [-0.15, -0.1) is 11.3 Å². The molecule has 0 amide bonds. The number of hydrogen-bond acceptors (Lipinski definition) is 5. The molecule has 1 atom stereocenters. The van der Waals surface area contributed by atoms with Gasteiger partial charge in [-0.3, -0.25) is 4.79 Å². The van der Waals surface area contributed by atoms with Crippen LogP contribution in [0.2, 0.25) is 0 Å². The van der Waals surface area contributed by atoms with E-state index in [1.54, 1.807) is 30.3 Å². The lowest BCUT2D eigenvalue weighted by Gasteiger charge is -2.21. The summed E-state index contributed by atoms with van der Waals surface area (Å²) in [5, 5.41) is 22.5. The first kappa shape index (κ1) is 18.2. The summed E-state index contributed by atoms with van der Waals surface area (Å²) in [4.78, 5) is 16.7. The fraction of sp³-hybridized carbons (Fsp3) is 0.333. The van der Waals surface area contributed by atoms with Crippen molar-refractivity contribution in [2.45, 2.75) is 33.3 Å². The molecule has 0 aliphatic carbocycles. The van der Waals surface area contributed by atoms with Crippen LogP contribution in [-0.2, 0) is 0 Å². The number of rotatable bonds is 6. The molecule has 0 saturated heterocycles. The Hall–Kier alpha value is -2.18. The van der Waals surface area contributed by atoms with Crippen molar-refractivity contribution < 1.29 is 15.0 Å². The van der Waals surface area contributed by atoms with E-state index in [4.69, 9.17) is 0 Å². The van der Waals surface area contributed by atoms with Crippen molar-refractivity contribution in [3.63, 3.8) is 0 Å².